The highest BCUT2D eigenvalue weighted by Gasteiger charge is 2.25. The van der Waals surface area contributed by atoms with Crippen LogP contribution in [0, 0.1) is 0 Å². The fourth-order valence-corrected chi connectivity index (χ4v) is 3.93. The summed E-state index contributed by atoms with van der Waals surface area (Å²) in [6.07, 6.45) is 6.85. The molecule has 2 aromatic rings. The molecule has 132 valence electrons. The van der Waals surface area contributed by atoms with Crippen LogP contribution in [0.2, 0.25) is 5.02 Å². The fourth-order valence-electron chi connectivity index (χ4n) is 3.81. The number of hydrogen-bond donors (Lipinski definition) is 0. The van der Waals surface area contributed by atoms with Gasteiger partial charge in [-0.1, -0.05) is 24.4 Å². The Bertz CT molecular complexity index is 728. The van der Waals surface area contributed by atoms with Gasteiger partial charge in [0.15, 0.2) is 0 Å². The van der Waals surface area contributed by atoms with Gasteiger partial charge in [-0.25, -0.2) is 0 Å². The number of benzene rings is 1. The molecule has 2 fully saturated rings. The van der Waals surface area contributed by atoms with Crippen LogP contribution < -0.4 is 4.90 Å². The Morgan fingerprint density at radius 2 is 1.68 bits per heavy atom. The Morgan fingerprint density at radius 3 is 2.36 bits per heavy atom. The van der Waals surface area contributed by atoms with E-state index in [4.69, 9.17) is 11.6 Å². The summed E-state index contributed by atoms with van der Waals surface area (Å²) in [7, 11) is 0. The number of anilines is 1. The van der Waals surface area contributed by atoms with Crippen molar-refractivity contribution in [2.24, 2.45) is 0 Å². The van der Waals surface area contributed by atoms with Crippen molar-refractivity contribution in [3.8, 4) is 0 Å². The lowest BCUT2D eigenvalue weighted by Crippen LogP contribution is -2.48. The van der Waals surface area contributed by atoms with E-state index in [1.54, 1.807) is 0 Å². The highest BCUT2D eigenvalue weighted by Crippen LogP contribution is 2.29. The van der Waals surface area contributed by atoms with Gasteiger partial charge in [0, 0.05) is 43.1 Å². The lowest BCUT2D eigenvalue weighted by atomic mass is 10.2. The SMILES string of the molecule is O=C(c1ccn(C2CCCC2)n1)N1CCN(c2ccc(Cl)cc2)CC1. The van der Waals surface area contributed by atoms with Crippen molar-refractivity contribution in [2.75, 3.05) is 31.1 Å². The number of carbonyl (C=O) groups is 1. The van der Waals surface area contributed by atoms with Crippen LogP contribution in [0.3, 0.4) is 0 Å². The molecule has 1 saturated carbocycles. The second-order valence-corrected chi connectivity index (χ2v) is 7.31. The standard InChI is InChI=1S/C19H23ClN4O/c20-15-5-7-16(8-6-15)22-11-13-23(14-12-22)19(25)18-9-10-24(21-18)17-3-1-2-4-17/h5-10,17H,1-4,11-14H2. The van der Waals surface area contributed by atoms with Gasteiger partial charge in [-0.05, 0) is 43.2 Å². The number of carbonyl (C=O) groups excluding carboxylic acids is 1. The Morgan fingerprint density at radius 1 is 1.00 bits per heavy atom. The predicted octanol–water partition coefficient (Wildman–Crippen LogP) is 3.61. The highest BCUT2D eigenvalue weighted by molar-refractivity contribution is 6.30. The largest absolute Gasteiger partial charge is 0.368 e. The lowest BCUT2D eigenvalue weighted by molar-refractivity contribution is 0.0739. The molecule has 25 heavy (non-hydrogen) atoms. The van der Waals surface area contributed by atoms with Crippen LogP contribution in [0.5, 0.6) is 0 Å². The second-order valence-electron chi connectivity index (χ2n) is 6.87. The molecule has 0 spiro atoms. The molecule has 0 bridgehead atoms. The third-order valence-electron chi connectivity index (χ3n) is 5.28. The summed E-state index contributed by atoms with van der Waals surface area (Å²) < 4.78 is 1.99. The monoisotopic (exact) mass is 358 g/mol. The van der Waals surface area contributed by atoms with Crippen molar-refractivity contribution in [3.05, 3.63) is 47.2 Å². The molecule has 2 heterocycles. The molecule has 1 aliphatic heterocycles. The van der Waals surface area contributed by atoms with Gasteiger partial charge in [0.05, 0.1) is 6.04 Å². The average Bonchev–Trinajstić information content (AvgIpc) is 3.33. The average molecular weight is 359 g/mol. The van der Waals surface area contributed by atoms with E-state index in [2.05, 4.69) is 10.00 Å². The minimum absolute atomic E-state index is 0.0486. The van der Waals surface area contributed by atoms with E-state index < -0.39 is 0 Å². The van der Waals surface area contributed by atoms with Crippen molar-refractivity contribution < 1.29 is 4.79 Å². The maximum atomic E-state index is 12.7. The quantitative estimate of drug-likeness (QED) is 0.841. The summed E-state index contributed by atoms with van der Waals surface area (Å²) >= 11 is 5.95. The van der Waals surface area contributed by atoms with Crippen LogP contribution in [0.4, 0.5) is 5.69 Å². The summed E-state index contributed by atoms with van der Waals surface area (Å²) in [6.45, 7) is 3.10. The first-order valence-electron chi connectivity index (χ1n) is 9.06. The number of hydrogen-bond acceptors (Lipinski definition) is 3. The zero-order valence-electron chi connectivity index (χ0n) is 14.3. The van der Waals surface area contributed by atoms with Gasteiger partial charge in [0.2, 0.25) is 0 Å². The van der Waals surface area contributed by atoms with Gasteiger partial charge in [-0.2, -0.15) is 5.10 Å². The van der Waals surface area contributed by atoms with E-state index in [1.807, 2.05) is 46.1 Å². The van der Waals surface area contributed by atoms with E-state index in [9.17, 15) is 4.79 Å². The van der Waals surface area contributed by atoms with Crippen LogP contribution in [-0.4, -0.2) is 46.8 Å². The molecule has 6 heteroatoms. The molecule has 0 atom stereocenters. The highest BCUT2D eigenvalue weighted by atomic mass is 35.5. The molecule has 5 nitrogen and oxygen atoms in total. The van der Waals surface area contributed by atoms with Gasteiger partial charge in [-0.3, -0.25) is 9.48 Å². The van der Waals surface area contributed by atoms with Crippen molar-refractivity contribution in [1.82, 2.24) is 14.7 Å². The number of piperazine rings is 1. The number of rotatable bonds is 3. The van der Waals surface area contributed by atoms with Crippen molar-refractivity contribution in [2.45, 2.75) is 31.7 Å². The van der Waals surface area contributed by atoms with Gasteiger partial charge in [-0.15, -0.1) is 0 Å². The molecule has 0 unspecified atom stereocenters. The molecule has 4 rings (SSSR count). The molecule has 1 aromatic carbocycles. The van der Waals surface area contributed by atoms with E-state index in [1.165, 1.54) is 25.7 Å². The lowest BCUT2D eigenvalue weighted by Gasteiger charge is -2.35. The number of aromatic nitrogens is 2. The van der Waals surface area contributed by atoms with Gasteiger partial charge in [0.1, 0.15) is 5.69 Å². The molecule has 1 amide bonds. The molecule has 1 aromatic heterocycles. The third-order valence-corrected chi connectivity index (χ3v) is 5.54. The summed E-state index contributed by atoms with van der Waals surface area (Å²) in [5, 5.41) is 5.30. The Balaban J connectivity index is 1.37. The summed E-state index contributed by atoms with van der Waals surface area (Å²) in [5.74, 6) is 0.0486. The molecule has 2 aliphatic rings. The maximum Gasteiger partial charge on any atom is 0.274 e. The normalized spacial score (nSPS) is 18.8. The van der Waals surface area contributed by atoms with Crippen molar-refractivity contribution in [1.29, 1.82) is 0 Å². The van der Waals surface area contributed by atoms with Crippen molar-refractivity contribution >= 4 is 23.2 Å². The van der Waals surface area contributed by atoms with E-state index in [-0.39, 0.29) is 5.91 Å². The third kappa shape index (κ3) is 3.52. The molecular weight excluding hydrogens is 336 g/mol. The molecule has 1 aliphatic carbocycles. The second kappa shape index (κ2) is 7.08. The van der Waals surface area contributed by atoms with E-state index >= 15 is 0 Å². The number of halogens is 1. The van der Waals surface area contributed by atoms with Crippen molar-refractivity contribution in [3.63, 3.8) is 0 Å². The Hall–Kier alpha value is -2.01. The van der Waals surface area contributed by atoms with E-state index in [0.717, 1.165) is 36.9 Å². The molecule has 0 N–H and O–H groups in total. The van der Waals surface area contributed by atoms with Crippen LogP contribution in [-0.2, 0) is 0 Å². The smallest absolute Gasteiger partial charge is 0.274 e. The summed E-state index contributed by atoms with van der Waals surface area (Å²) in [6, 6.07) is 10.2. The first-order valence-corrected chi connectivity index (χ1v) is 9.43. The predicted molar refractivity (Wildman–Crippen MR) is 99.3 cm³/mol. The zero-order valence-corrected chi connectivity index (χ0v) is 15.0. The number of amides is 1. The maximum absolute atomic E-state index is 12.7. The zero-order chi connectivity index (χ0) is 17.2. The Labute approximate surface area is 153 Å². The molecule has 0 radical (unpaired) electrons. The molecule has 1 saturated heterocycles. The van der Waals surface area contributed by atoms with Gasteiger partial charge in [0.25, 0.3) is 5.91 Å². The Kier molecular flexibility index (Phi) is 4.66. The summed E-state index contributed by atoms with van der Waals surface area (Å²) in [4.78, 5) is 16.9. The van der Waals surface area contributed by atoms with E-state index in [0.29, 0.717) is 11.7 Å². The molecular formula is C19H23ClN4O. The summed E-state index contributed by atoms with van der Waals surface area (Å²) in [5.41, 5.74) is 1.73. The minimum Gasteiger partial charge on any atom is -0.368 e. The van der Waals surface area contributed by atoms with Crippen LogP contribution >= 0.6 is 11.6 Å². The minimum atomic E-state index is 0.0486. The van der Waals surface area contributed by atoms with Gasteiger partial charge >= 0.3 is 0 Å². The fraction of sp³-hybridized carbons (Fsp3) is 0.474. The first-order chi connectivity index (χ1) is 12.2. The first kappa shape index (κ1) is 16.5. The van der Waals surface area contributed by atoms with Crippen LogP contribution in [0.1, 0.15) is 42.2 Å². The van der Waals surface area contributed by atoms with Crippen LogP contribution in [0.25, 0.3) is 0 Å². The topological polar surface area (TPSA) is 41.4 Å². The van der Waals surface area contributed by atoms with Gasteiger partial charge < -0.3 is 9.80 Å². The van der Waals surface area contributed by atoms with Crippen LogP contribution in [0.15, 0.2) is 36.5 Å². The number of nitrogens with zero attached hydrogens (tertiary/aromatic N) is 4.